The SMILES string of the molecule is COc1cccc2ccc(-c3nccn3CC3CC(=O)N(C4CC4)C3)nc12. The molecule has 1 amide bonds. The molecule has 3 aromatic rings. The van der Waals surface area contributed by atoms with E-state index in [4.69, 9.17) is 9.72 Å². The van der Waals surface area contributed by atoms with E-state index in [-0.39, 0.29) is 0 Å². The van der Waals surface area contributed by atoms with Crippen LogP contribution in [0.5, 0.6) is 5.75 Å². The summed E-state index contributed by atoms with van der Waals surface area (Å²) in [6.45, 7) is 1.65. The zero-order chi connectivity index (χ0) is 18.4. The molecule has 1 saturated heterocycles. The van der Waals surface area contributed by atoms with Crippen LogP contribution in [-0.4, -0.2) is 45.0 Å². The highest BCUT2D eigenvalue weighted by Crippen LogP contribution is 2.33. The summed E-state index contributed by atoms with van der Waals surface area (Å²) in [6.07, 6.45) is 6.74. The fourth-order valence-electron chi connectivity index (χ4n) is 4.05. The first-order chi connectivity index (χ1) is 13.2. The normalized spacial score (nSPS) is 19.8. The van der Waals surface area contributed by atoms with Crippen molar-refractivity contribution >= 4 is 16.8 Å². The van der Waals surface area contributed by atoms with Crippen molar-refractivity contribution < 1.29 is 9.53 Å². The fraction of sp³-hybridized carbons (Fsp3) is 0.381. The van der Waals surface area contributed by atoms with Crippen molar-refractivity contribution in [2.75, 3.05) is 13.7 Å². The molecule has 1 aliphatic heterocycles. The zero-order valence-corrected chi connectivity index (χ0v) is 15.3. The molecular weight excluding hydrogens is 340 g/mol. The van der Waals surface area contributed by atoms with E-state index in [2.05, 4.69) is 14.5 Å². The van der Waals surface area contributed by atoms with Crippen molar-refractivity contribution in [3.05, 3.63) is 42.7 Å². The Morgan fingerprint density at radius 2 is 2.11 bits per heavy atom. The average molecular weight is 362 g/mol. The molecule has 1 aromatic carbocycles. The third kappa shape index (κ3) is 2.95. The van der Waals surface area contributed by atoms with Crippen LogP contribution in [0, 0.1) is 5.92 Å². The minimum Gasteiger partial charge on any atom is -0.494 e. The van der Waals surface area contributed by atoms with Crippen LogP contribution in [-0.2, 0) is 11.3 Å². The predicted molar refractivity (Wildman–Crippen MR) is 102 cm³/mol. The molecule has 5 rings (SSSR count). The van der Waals surface area contributed by atoms with Crippen LogP contribution >= 0.6 is 0 Å². The summed E-state index contributed by atoms with van der Waals surface area (Å²) in [5.41, 5.74) is 1.66. The van der Waals surface area contributed by atoms with Gasteiger partial charge < -0.3 is 14.2 Å². The van der Waals surface area contributed by atoms with E-state index in [1.165, 1.54) is 0 Å². The Kier molecular flexibility index (Phi) is 3.85. The highest BCUT2D eigenvalue weighted by atomic mass is 16.5. The molecule has 3 heterocycles. The van der Waals surface area contributed by atoms with Crippen molar-refractivity contribution in [2.24, 2.45) is 5.92 Å². The number of carbonyl (C=O) groups excluding carboxylic acids is 1. The maximum absolute atomic E-state index is 12.2. The van der Waals surface area contributed by atoms with Gasteiger partial charge in [-0.05, 0) is 25.0 Å². The molecular formula is C21H22N4O2. The topological polar surface area (TPSA) is 60.3 Å². The maximum atomic E-state index is 12.2. The quantitative estimate of drug-likeness (QED) is 0.700. The molecule has 1 unspecified atom stereocenters. The molecule has 27 heavy (non-hydrogen) atoms. The van der Waals surface area contributed by atoms with Crippen LogP contribution in [0.4, 0.5) is 0 Å². The van der Waals surface area contributed by atoms with Gasteiger partial charge in [-0.25, -0.2) is 9.97 Å². The number of para-hydroxylation sites is 1. The number of pyridine rings is 1. The average Bonchev–Trinajstić information content (AvgIpc) is 3.32. The minimum atomic E-state index is 0.303. The van der Waals surface area contributed by atoms with Gasteiger partial charge in [0.2, 0.25) is 5.91 Å². The third-order valence-corrected chi connectivity index (χ3v) is 5.53. The summed E-state index contributed by atoms with van der Waals surface area (Å²) >= 11 is 0. The Morgan fingerprint density at radius 3 is 2.93 bits per heavy atom. The second-order valence-corrected chi connectivity index (χ2v) is 7.48. The number of aromatic nitrogens is 3. The number of nitrogens with zero attached hydrogens (tertiary/aromatic N) is 4. The van der Waals surface area contributed by atoms with Crippen molar-refractivity contribution in [1.82, 2.24) is 19.4 Å². The van der Waals surface area contributed by atoms with E-state index < -0.39 is 0 Å². The third-order valence-electron chi connectivity index (χ3n) is 5.53. The van der Waals surface area contributed by atoms with Gasteiger partial charge in [-0.1, -0.05) is 18.2 Å². The summed E-state index contributed by atoms with van der Waals surface area (Å²) in [4.78, 5) is 23.7. The summed E-state index contributed by atoms with van der Waals surface area (Å²) in [7, 11) is 1.66. The highest BCUT2D eigenvalue weighted by Gasteiger charge is 2.39. The van der Waals surface area contributed by atoms with Gasteiger partial charge in [-0.3, -0.25) is 4.79 Å². The van der Waals surface area contributed by atoms with Crippen LogP contribution < -0.4 is 4.74 Å². The van der Waals surface area contributed by atoms with Crippen LogP contribution in [0.3, 0.4) is 0 Å². The van der Waals surface area contributed by atoms with Crippen molar-refractivity contribution in [1.29, 1.82) is 0 Å². The van der Waals surface area contributed by atoms with E-state index in [1.54, 1.807) is 13.3 Å². The highest BCUT2D eigenvalue weighted by molar-refractivity contribution is 5.86. The first-order valence-corrected chi connectivity index (χ1v) is 9.47. The molecule has 1 aliphatic carbocycles. The number of amides is 1. The molecule has 2 aliphatic rings. The van der Waals surface area contributed by atoms with E-state index in [0.29, 0.717) is 24.3 Å². The summed E-state index contributed by atoms with van der Waals surface area (Å²) in [5.74, 6) is 2.23. The van der Waals surface area contributed by atoms with Crippen LogP contribution in [0.15, 0.2) is 42.7 Å². The second kappa shape index (κ2) is 6.37. The molecule has 2 aromatic heterocycles. The lowest BCUT2D eigenvalue weighted by Gasteiger charge is -2.16. The fourth-order valence-corrected chi connectivity index (χ4v) is 4.05. The van der Waals surface area contributed by atoms with E-state index in [1.807, 2.05) is 36.5 Å². The molecule has 6 nitrogen and oxygen atoms in total. The number of methoxy groups -OCH3 is 1. The summed E-state index contributed by atoms with van der Waals surface area (Å²) < 4.78 is 7.58. The van der Waals surface area contributed by atoms with Gasteiger partial charge in [0, 0.05) is 49.2 Å². The lowest BCUT2D eigenvalue weighted by Crippen LogP contribution is -2.27. The molecule has 6 heteroatoms. The predicted octanol–water partition coefficient (Wildman–Crippen LogP) is 3.12. The largest absolute Gasteiger partial charge is 0.494 e. The number of carbonyl (C=O) groups is 1. The van der Waals surface area contributed by atoms with E-state index >= 15 is 0 Å². The van der Waals surface area contributed by atoms with Gasteiger partial charge in [0.1, 0.15) is 17.0 Å². The molecule has 0 N–H and O–H groups in total. The van der Waals surface area contributed by atoms with E-state index in [0.717, 1.165) is 54.1 Å². The standard InChI is InChI=1S/C21H22N4O2/c1-27-18-4-2-3-15-5-8-17(23-20(15)18)21-22-9-10-24(21)12-14-11-19(26)25(13-14)16-6-7-16/h2-5,8-10,14,16H,6-7,11-13H2,1H3. The smallest absolute Gasteiger partial charge is 0.223 e. The number of rotatable bonds is 5. The Balaban J connectivity index is 1.43. The van der Waals surface area contributed by atoms with Crippen molar-refractivity contribution in [2.45, 2.75) is 31.8 Å². The lowest BCUT2D eigenvalue weighted by molar-refractivity contribution is -0.128. The minimum absolute atomic E-state index is 0.303. The van der Waals surface area contributed by atoms with Gasteiger partial charge in [-0.2, -0.15) is 0 Å². The van der Waals surface area contributed by atoms with Crippen LogP contribution in [0.1, 0.15) is 19.3 Å². The van der Waals surface area contributed by atoms with E-state index in [9.17, 15) is 4.79 Å². The monoisotopic (exact) mass is 362 g/mol. The molecule has 1 atom stereocenters. The number of likely N-dealkylation sites (tertiary alicyclic amines) is 1. The number of ether oxygens (including phenoxy) is 1. The van der Waals surface area contributed by atoms with Crippen LogP contribution in [0.2, 0.25) is 0 Å². The Labute approximate surface area is 157 Å². The van der Waals surface area contributed by atoms with Gasteiger partial charge in [0.15, 0.2) is 5.82 Å². The second-order valence-electron chi connectivity index (χ2n) is 7.48. The molecule has 1 saturated carbocycles. The van der Waals surface area contributed by atoms with Crippen molar-refractivity contribution in [3.8, 4) is 17.3 Å². The lowest BCUT2D eigenvalue weighted by atomic mass is 10.1. The first kappa shape index (κ1) is 16.3. The molecule has 0 spiro atoms. The number of imidazole rings is 1. The van der Waals surface area contributed by atoms with Crippen LogP contribution in [0.25, 0.3) is 22.4 Å². The van der Waals surface area contributed by atoms with Gasteiger partial charge in [-0.15, -0.1) is 0 Å². The summed E-state index contributed by atoms with van der Waals surface area (Å²) in [5, 5.41) is 1.04. The van der Waals surface area contributed by atoms with Gasteiger partial charge in [0.25, 0.3) is 0 Å². The zero-order valence-electron chi connectivity index (χ0n) is 15.3. The summed E-state index contributed by atoms with van der Waals surface area (Å²) in [6, 6.07) is 10.5. The molecule has 0 bridgehead atoms. The maximum Gasteiger partial charge on any atom is 0.223 e. The first-order valence-electron chi connectivity index (χ1n) is 9.47. The Morgan fingerprint density at radius 1 is 1.22 bits per heavy atom. The molecule has 0 radical (unpaired) electrons. The number of hydrogen-bond acceptors (Lipinski definition) is 4. The molecule has 138 valence electrons. The number of benzene rings is 1. The van der Waals surface area contributed by atoms with Gasteiger partial charge in [0.05, 0.1) is 7.11 Å². The van der Waals surface area contributed by atoms with Gasteiger partial charge >= 0.3 is 0 Å². The number of fused-ring (bicyclic) bond motifs is 1. The number of hydrogen-bond donors (Lipinski definition) is 0. The van der Waals surface area contributed by atoms with Crippen molar-refractivity contribution in [3.63, 3.8) is 0 Å². The molecule has 2 fully saturated rings. The Hall–Kier alpha value is -2.89. The Bertz CT molecular complexity index is 1010.